The molecule has 0 unspecified atom stereocenters. The number of aromatic nitrogens is 1. The van der Waals surface area contributed by atoms with Gasteiger partial charge in [0.25, 0.3) is 6.01 Å². The standard InChI is InChI=1S/C15H15FN2O3/c16-10-4-1-5-11-12(10)17-14(21-11)18-7-9-3-2-6-15(9,8-18)13(19)20/h1,4-5,9H,2-3,6-8H2,(H,19,20)/t9-,15+/m0/s1. The van der Waals surface area contributed by atoms with Gasteiger partial charge < -0.3 is 14.4 Å². The molecule has 2 heterocycles. The van der Waals surface area contributed by atoms with Gasteiger partial charge in [-0.25, -0.2) is 4.39 Å². The Labute approximate surface area is 120 Å². The Hall–Kier alpha value is -2.11. The molecule has 5 nitrogen and oxygen atoms in total. The lowest BCUT2D eigenvalue weighted by Gasteiger charge is -2.22. The van der Waals surface area contributed by atoms with Crippen molar-refractivity contribution in [2.45, 2.75) is 19.3 Å². The molecular formula is C15H15FN2O3. The Bertz CT molecular complexity index is 729. The van der Waals surface area contributed by atoms with E-state index in [1.54, 1.807) is 12.1 Å². The number of carbonyl (C=O) groups is 1. The van der Waals surface area contributed by atoms with Crippen molar-refractivity contribution in [3.05, 3.63) is 24.0 Å². The number of halogens is 1. The van der Waals surface area contributed by atoms with Gasteiger partial charge in [-0.1, -0.05) is 12.5 Å². The van der Waals surface area contributed by atoms with E-state index in [4.69, 9.17) is 4.42 Å². The molecule has 2 fully saturated rings. The minimum atomic E-state index is -0.741. The maximum Gasteiger partial charge on any atom is 0.311 e. The minimum Gasteiger partial charge on any atom is -0.481 e. The lowest BCUT2D eigenvalue weighted by atomic mass is 9.81. The molecule has 2 atom stereocenters. The second-order valence-corrected chi connectivity index (χ2v) is 6.01. The molecule has 4 rings (SSSR count). The Morgan fingerprint density at radius 3 is 3.10 bits per heavy atom. The Balaban J connectivity index is 1.71. The van der Waals surface area contributed by atoms with E-state index in [-0.39, 0.29) is 11.4 Å². The molecule has 1 aromatic carbocycles. The van der Waals surface area contributed by atoms with Gasteiger partial charge in [0.2, 0.25) is 0 Å². The molecule has 1 aliphatic heterocycles. The van der Waals surface area contributed by atoms with Gasteiger partial charge in [-0.05, 0) is 30.9 Å². The van der Waals surface area contributed by atoms with Crippen molar-refractivity contribution in [3.63, 3.8) is 0 Å². The van der Waals surface area contributed by atoms with Crippen LogP contribution in [0.15, 0.2) is 22.6 Å². The Morgan fingerprint density at radius 2 is 2.38 bits per heavy atom. The molecule has 6 heteroatoms. The van der Waals surface area contributed by atoms with Crippen LogP contribution >= 0.6 is 0 Å². The highest BCUT2D eigenvalue weighted by molar-refractivity contribution is 5.78. The second kappa shape index (κ2) is 4.19. The molecular weight excluding hydrogens is 275 g/mol. The highest BCUT2D eigenvalue weighted by Crippen LogP contribution is 2.49. The maximum absolute atomic E-state index is 13.7. The van der Waals surface area contributed by atoms with Gasteiger partial charge in [0.1, 0.15) is 5.52 Å². The van der Waals surface area contributed by atoms with Crippen LogP contribution in [0.2, 0.25) is 0 Å². The summed E-state index contributed by atoms with van der Waals surface area (Å²) in [5.41, 5.74) is -0.0977. The number of fused-ring (bicyclic) bond motifs is 2. The van der Waals surface area contributed by atoms with Gasteiger partial charge in [0, 0.05) is 13.1 Å². The number of hydrogen-bond donors (Lipinski definition) is 1. The molecule has 2 aliphatic rings. The molecule has 21 heavy (non-hydrogen) atoms. The highest BCUT2D eigenvalue weighted by atomic mass is 19.1. The molecule has 0 spiro atoms. The number of anilines is 1. The van der Waals surface area contributed by atoms with Crippen LogP contribution in [0.3, 0.4) is 0 Å². The summed E-state index contributed by atoms with van der Waals surface area (Å²) in [6.07, 6.45) is 2.56. The van der Waals surface area contributed by atoms with Crippen molar-refractivity contribution in [2.24, 2.45) is 11.3 Å². The van der Waals surface area contributed by atoms with Crippen molar-refractivity contribution in [3.8, 4) is 0 Å². The molecule has 1 aliphatic carbocycles. The first-order valence-corrected chi connectivity index (χ1v) is 7.13. The molecule has 1 saturated heterocycles. The van der Waals surface area contributed by atoms with Crippen LogP contribution in [0.25, 0.3) is 11.1 Å². The molecule has 2 aromatic rings. The third kappa shape index (κ3) is 1.68. The van der Waals surface area contributed by atoms with E-state index in [1.165, 1.54) is 6.07 Å². The number of rotatable bonds is 2. The summed E-state index contributed by atoms with van der Waals surface area (Å²) in [4.78, 5) is 17.7. The monoisotopic (exact) mass is 290 g/mol. The average molecular weight is 290 g/mol. The first-order chi connectivity index (χ1) is 10.1. The summed E-state index contributed by atoms with van der Waals surface area (Å²) >= 11 is 0. The van der Waals surface area contributed by atoms with Gasteiger partial charge in [0.15, 0.2) is 11.4 Å². The van der Waals surface area contributed by atoms with Gasteiger partial charge >= 0.3 is 5.97 Å². The fraction of sp³-hybridized carbons (Fsp3) is 0.467. The molecule has 0 radical (unpaired) electrons. The molecule has 110 valence electrons. The maximum atomic E-state index is 13.7. The van der Waals surface area contributed by atoms with E-state index in [0.717, 1.165) is 12.8 Å². The topological polar surface area (TPSA) is 66.6 Å². The lowest BCUT2D eigenvalue weighted by Crippen LogP contribution is -2.35. The lowest BCUT2D eigenvalue weighted by molar-refractivity contribution is -0.149. The summed E-state index contributed by atoms with van der Waals surface area (Å²) in [7, 11) is 0. The predicted molar refractivity (Wildman–Crippen MR) is 73.6 cm³/mol. The smallest absolute Gasteiger partial charge is 0.311 e. The number of oxazole rings is 1. The first kappa shape index (κ1) is 12.6. The number of benzene rings is 1. The van der Waals surface area contributed by atoms with E-state index in [9.17, 15) is 14.3 Å². The van der Waals surface area contributed by atoms with Crippen molar-refractivity contribution < 1.29 is 18.7 Å². The number of nitrogens with zero attached hydrogens (tertiary/aromatic N) is 2. The van der Waals surface area contributed by atoms with Gasteiger partial charge in [-0.2, -0.15) is 4.98 Å². The third-order valence-electron chi connectivity index (χ3n) is 4.93. The van der Waals surface area contributed by atoms with E-state index < -0.39 is 17.2 Å². The minimum absolute atomic E-state index is 0.120. The number of hydrogen-bond acceptors (Lipinski definition) is 4. The zero-order valence-corrected chi connectivity index (χ0v) is 11.4. The van der Waals surface area contributed by atoms with Crippen LogP contribution in [0.5, 0.6) is 0 Å². The molecule has 0 amide bonds. The van der Waals surface area contributed by atoms with Crippen LogP contribution in [-0.4, -0.2) is 29.1 Å². The molecule has 1 saturated carbocycles. The number of carboxylic acid groups (broad SMARTS) is 1. The predicted octanol–water partition coefficient (Wildman–Crippen LogP) is 2.66. The average Bonchev–Trinajstić information content (AvgIpc) is 3.09. The first-order valence-electron chi connectivity index (χ1n) is 7.13. The third-order valence-corrected chi connectivity index (χ3v) is 4.93. The Morgan fingerprint density at radius 1 is 1.52 bits per heavy atom. The quantitative estimate of drug-likeness (QED) is 0.921. The van der Waals surface area contributed by atoms with Crippen molar-refractivity contribution in [1.29, 1.82) is 0 Å². The zero-order valence-electron chi connectivity index (χ0n) is 11.4. The SMILES string of the molecule is O=C(O)[C@@]12CCC[C@H]1CN(c1nc3c(F)cccc3o1)C2. The summed E-state index contributed by atoms with van der Waals surface area (Å²) in [6, 6.07) is 4.90. The molecule has 1 N–H and O–H groups in total. The normalized spacial score (nSPS) is 28.2. The highest BCUT2D eigenvalue weighted by Gasteiger charge is 2.55. The van der Waals surface area contributed by atoms with E-state index in [2.05, 4.69) is 4.98 Å². The zero-order chi connectivity index (χ0) is 14.6. The van der Waals surface area contributed by atoms with Gasteiger partial charge in [-0.3, -0.25) is 4.79 Å². The largest absolute Gasteiger partial charge is 0.481 e. The van der Waals surface area contributed by atoms with Crippen molar-refractivity contribution >= 4 is 23.1 Å². The fourth-order valence-electron chi connectivity index (χ4n) is 3.82. The summed E-state index contributed by atoms with van der Waals surface area (Å²) in [6.45, 7) is 1.00. The van der Waals surface area contributed by atoms with Crippen LogP contribution in [-0.2, 0) is 4.79 Å². The van der Waals surface area contributed by atoms with E-state index in [0.29, 0.717) is 31.1 Å². The Kier molecular flexibility index (Phi) is 2.52. The molecule has 1 aromatic heterocycles. The van der Waals surface area contributed by atoms with Crippen molar-refractivity contribution in [1.82, 2.24) is 4.98 Å². The summed E-state index contributed by atoms with van der Waals surface area (Å²) < 4.78 is 19.3. The second-order valence-electron chi connectivity index (χ2n) is 6.01. The van der Waals surface area contributed by atoms with E-state index >= 15 is 0 Å². The summed E-state index contributed by atoms with van der Waals surface area (Å²) in [5.74, 6) is -1.04. The van der Waals surface area contributed by atoms with Crippen molar-refractivity contribution in [2.75, 3.05) is 18.0 Å². The fourth-order valence-corrected chi connectivity index (χ4v) is 3.82. The van der Waals surface area contributed by atoms with Gasteiger partial charge in [-0.15, -0.1) is 0 Å². The number of carboxylic acids is 1. The molecule has 0 bridgehead atoms. The summed E-state index contributed by atoms with van der Waals surface area (Å²) in [5, 5.41) is 9.59. The van der Waals surface area contributed by atoms with Crippen LogP contribution in [0.1, 0.15) is 19.3 Å². The van der Waals surface area contributed by atoms with Gasteiger partial charge in [0.05, 0.1) is 5.41 Å². The van der Waals surface area contributed by atoms with Crippen LogP contribution in [0.4, 0.5) is 10.4 Å². The number of para-hydroxylation sites is 1. The van der Waals surface area contributed by atoms with Crippen LogP contribution in [0, 0.1) is 17.2 Å². The number of aliphatic carboxylic acids is 1. The van der Waals surface area contributed by atoms with Crippen LogP contribution < -0.4 is 4.90 Å². The van der Waals surface area contributed by atoms with E-state index in [1.807, 2.05) is 4.90 Å².